The van der Waals surface area contributed by atoms with Crippen molar-refractivity contribution in [2.24, 2.45) is 0 Å². The van der Waals surface area contributed by atoms with Crippen LogP contribution in [0.1, 0.15) is 28.0 Å². The van der Waals surface area contributed by atoms with E-state index in [2.05, 4.69) is 10.3 Å². The van der Waals surface area contributed by atoms with E-state index >= 15 is 0 Å². The lowest BCUT2D eigenvalue weighted by Crippen LogP contribution is -2.31. The summed E-state index contributed by atoms with van der Waals surface area (Å²) in [5.74, 6) is 1.40. The van der Waals surface area contributed by atoms with Crippen molar-refractivity contribution in [3.05, 3.63) is 78.0 Å². The van der Waals surface area contributed by atoms with Gasteiger partial charge in [-0.05, 0) is 36.4 Å². The molecule has 3 heterocycles. The molecule has 1 aliphatic rings. The smallest absolute Gasteiger partial charge is 0.258 e. The van der Waals surface area contributed by atoms with Crippen LogP contribution in [0.3, 0.4) is 0 Å². The van der Waals surface area contributed by atoms with Crippen molar-refractivity contribution in [1.82, 2.24) is 9.88 Å². The van der Waals surface area contributed by atoms with Crippen LogP contribution in [0.5, 0.6) is 5.75 Å². The van der Waals surface area contributed by atoms with E-state index in [-0.39, 0.29) is 12.1 Å². The molecule has 0 bridgehead atoms. The molecule has 0 aliphatic carbocycles. The van der Waals surface area contributed by atoms with Gasteiger partial charge in [0.1, 0.15) is 17.7 Å². The average molecular weight is 335 g/mol. The van der Waals surface area contributed by atoms with E-state index in [9.17, 15) is 4.79 Å². The summed E-state index contributed by atoms with van der Waals surface area (Å²) in [6, 6.07) is 14.8. The van der Waals surface area contributed by atoms with E-state index in [1.54, 1.807) is 36.6 Å². The Kier molecular flexibility index (Phi) is 3.85. The summed E-state index contributed by atoms with van der Waals surface area (Å²) in [5.41, 5.74) is 2.16. The predicted octanol–water partition coefficient (Wildman–Crippen LogP) is 3.45. The molecule has 6 nitrogen and oxygen atoms in total. The summed E-state index contributed by atoms with van der Waals surface area (Å²) in [6.45, 7) is 0.365. The molecule has 25 heavy (non-hydrogen) atoms. The first kappa shape index (κ1) is 15.3. The van der Waals surface area contributed by atoms with Gasteiger partial charge in [-0.3, -0.25) is 9.78 Å². The van der Waals surface area contributed by atoms with Crippen molar-refractivity contribution in [3.63, 3.8) is 0 Å². The van der Waals surface area contributed by atoms with Gasteiger partial charge in [-0.25, -0.2) is 0 Å². The monoisotopic (exact) mass is 335 g/mol. The number of rotatable bonds is 5. The molecule has 126 valence electrons. The Hall–Kier alpha value is -3.28. The summed E-state index contributed by atoms with van der Waals surface area (Å²) < 4.78 is 10.7. The molecule has 0 saturated heterocycles. The number of amides is 1. The molecule has 3 aromatic rings. The number of hydrogen-bond donors (Lipinski definition) is 1. The van der Waals surface area contributed by atoms with Crippen LogP contribution in [0.15, 0.2) is 65.4 Å². The average Bonchev–Trinajstić information content (AvgIpc) is 3.25. The van der Waals surface area contributed by atoms with Gasteiger partial charge < -0.3 is 19.4 Å². The van der Waals surface area contributed by atoms with Crippen molar-refractivity contribution in [3.8, 4) is 5.75 Å². The molecule has 4 rings (SSSR count). The molecule has 0 fully saturated rings. The number of benzene rings is 1. The van der Waals surface area contributed by atoms with Crippen LogP contribution < -0.4 is 10.1 Å². The fourth-order valence-corrected chi connectivity index (χ4v) is 2.99. The maximum atomic E-state index is 12.8. The van der Waals surface area contributed by atoms with Gasteiger partial charge in [0, 0.05) is 18.0 Å². The van der Waals surface area contributed by atoms with E-state index < -0.39 is 0 Å². The van der Waals surface area contributed by atoms with E-state index in [0.717, 1.165) is 17.2 Å². The highest BCUT2D eigenvalue weighted by Crippen LogP contribution is 2.34. The predicted molar refractivity (Wildman–Crippen MR) is 92.2 cm³/mol. The summed E-state index contributed by atoms with van der Waals surface area (Å²) >= 11 is 0. The zero-order valence-electron chi connectivity index (χ0n) is 13.7. The largest absolute Gasteiger partial charge is 0.497 e. The molecule has 1 aromatic carbocycles. The van der Waals surface area contributed by atoms with Crippen LogP contribution in [-0.2, 0) is 6.54 Å². The molecule has 0 radical (unpaired) electrons. The van der Waals surface area contributed by atoms with Crippen molar-refractivity contribution in [1.29, 1.82) is 0 Å². The van der Waals surface area contributed by atoms with Crippen LogP contribution in [0.2, 0.25) is 0 Å². The van der Waals surface area contributed by atoms with E-state index in [1.807, 2.05) is 36.4 Å². The van der Waals surface area contributed by atoms with Crippen LogP contribution in [0.4, 0.5) is 5.69 Å². The van der Waals surface area contributed by atoms with Gasteiger partial charge in [0.15, 0.2) is 0 Å². The Morgan fingerprint density at radius 2 is 2.16 bits per heavy atom. The first-order valence-electron chi connectivity index (χ1n) is 7.95. The van der Waals surface area contributed by atoms with Crippen molar-refractivity contribution >= 4 is 11.6 Å². The number of methoxy groups -OCH3 is 1. The first-order valence-corrected chi connectivity index (χ1v) is 7.95. The minimum absolute atomic E-state index is 0.0695. The Bertz CT molecular complexity index is 892. The minimum atomic E-state index is -0.374. The number of ether oxygens (including phenoxy) is 1. The van der Waals surface area contributed by atoms with Crippen LogP contribution in [-0.4, -0.2) is 22.9 Å². The summed E-state index contributed by atoms with van der Waals surface area (Å²) in [5, 5.41) is 3.39. The zero-order valence-corrected chi connectivity index (χ0v) is 13.7. The van der Waals surface area contributed by atoms with Crippen molar-refractivity contribution < 1.29 is 13.9 Å². The van der Waals surface area contributed by atoms with Gasteiger partial charge in [-0.2, -0.15) is 0 Å². The summed E-state index contributed by atoms with van der Waals surface area (Å²) in [6.07, 6.45) is 2.93. The van der Waals surface area contributed by atoms with Gasteiger partial charge in [0.2, 0.25) is 0 Å². The Morgan fingerprint density at radius 3 is 2.96 bits per heavy atom. The molecular formula is C19H17N3O3. The van der Waals surface area contributed by atoms with Gasteiger partial charge in [0.25, 0.3) is 5.91 Å². The fourth-order valence-electron chi connectivity index (χ4n) is 2.99. The second kappa shape index (κ2) is 6.32. The van der Waals surface area contributed by atoms with Crippen LogP contribution in [0.25, 0.3) is 0 Å². The Labute approximate surface area is 145 Å². The van der Waals surface area contributed by atoms with Gasteiger partial charge in [0.05, 0.1) is 31.2 Å². The fraction of sp³-hybridized carbons (Fsp3) is 0.158. The zero-order chi connectivity index (χ0) is 17.2. The van der Waals surface area contributed by atoms with E-state index in [0.29, 0.717) is 17.8 Å². The number of carbonyl (C=O) groups is 1. The van der Waals surface area contributed by atoms with Gasteiger partial charge >= 0.3 is 0 Å². The highest BCUT2D eigenvalue weighted by atomic mass is 16.5. The molecule has 1 atom stereocenters. The molecule has 1 N–H and O–H groups in total. The molecule has 0 saturated carbocycles. The maximum absolute atomic E-state index is 12.8. The molecule has 6 heteroatoms. The first-order chi connectivity index (χ1) is 12.3. The van der Waals surface area contributed by atoms with E-state index in [4.69, 9.17) is 9.15 Å². The standard InChI is InChI=1S/C19H17N3O3/c1-24-14-6-2-5-13(11-14)21-18-17-16(8-3-9-20-17)19(23)22(18)12-15-7-4-10-25-15/h2-11,18,21H,12H2,1H3/t18-/m0/s1. The lowest BCUT2D eigenvalue weighted by molar-refractivity contribution is 0.0714. The van der Waals surface area contributed by atoms with Crippen LogP contribution >= 0.6 is 0 Å². The number of hydrogen-bond acceptors (Lipinski definition) is 5. The molecule has 0 spiro atoms. The Balaban J connectivity index is 1.68. The third kappa shape index (κ3) is 2.82. The topological polar surface area (TPSA) is 67.6 Å². The highest BCUT2D eigenvalue weighted by molar-refractivity contribution is 5.98. The SMILES string of the molecule is COc1cccc(N[C@@H]2c3ncccc3C(=O)N2Cc2ccco2)c1. The number of aromatic nitrogens is 1. The number of nitrogens with zero attached hydrogens (tertiary/aromatic N) is 2. The van der Waals surface area contributed by atoms with E-state index in [1.165, 1.54) is 0 Å². The molecule has 1 aliphatic heterocycles. The molecule has 2 aromatic heterocycles. The van der Waals surface area contributed by atoms with Gasteiger partial charge in [-0.15, -0.1) is 0 Å². The number of pyridine rings is 1. The number of carbonyl (C=O) groups excluding carboxylic acids is 1. The molecular weight excluding hydrogens is 318 g/mol. The second-order valence-corrected chi connectivity index (χ2v) is 5.73. The van der Waals surface area contributed by atoms with Crippen LogP contribution in [0, 0.1) is 0 Å². The normalized spacial score (nSPS) is 16.0. The highest BCUT2D eigenvalue weighted by Gasteiger charge is 2.38. The maximum Gasteiger partial charge on any atom is 0.258 e. The van der Waals surface area contributed by atoms with Crippen molar-refractivity contribution in [2.45, 2.75) is 12.7 Å². The minimum Gasteiger partial charge on any atom is -0.497 e. The molecule has 0 unspecified atom stereocenters. The number of anilines is 1. The summed E-state index contributed by atoms with van der Waals surface area (Å²) in [7, 11) is 1.62. The number of fused-ring (bicyclic) bond motifs is 1. The third-order valence-corrected chi connectivity index (χ3v) is 4.18. The van der Waals surface area contributed by atoms with Gasteiger partial charge in [-0.1, -0.05) is 6.07 Å². The quantitative estimate of drug-likeness (QED) is 0.773. The third-order valence-electron chi connectivity index (χ3n) is 4.18. The second-order valence-electron chi connectivity index (χ2n) is 5.73. The Morgan fingerprint density at radius 1 is 1.24 bits per heavy atom. The lowest BCUT2D eigenvalue weighted by atomic mass is 10.2. The number of furan rings is 1. The van der Waals surface area contributed by atoms with Crippen molar-refractivity contribution in [2.75, 3.05) is 12.4 Å². The summed E-state index contributed by atoms with van der Waals surface area (Å²) in [4.78, 5) is 19.0. The number of nitrogens with one attached hydrogen (secondary N) is 1. The lowest BCUT2D eigenvalue weighted by Gasteiger charge is -2.25. The molecule has 1 amide bonds.